The molecule has 1 fully saturated rings. The van der Waals surface area contributed by atoms with Gasteiger partial charge in [-0.25, -0.2) is 0 Å². The number of fused-ring (bicyclic) bond motifs is 3. The lowest BCUT2D eigenvalue weighted by Gasteiger charge is -2.35. The highest BCUT2D eigenvalue weighted by molar-refractivity contribution is 6.30. The standard InChI is InChI=1S/C15H12O7/c1-15(21)13(20)9-8(12-14(15)22-12)10(18)6-4(16)2-3-5(17)7(6)11(9)19/h2-3,12-14,16-17,20-21H,1H3/t12-,13+,14-,15-/m0/s1. The van der Waals surface area contributed by atoms with Crippen LogP contribution in [0.2, 0.25) is 0 Å². The zero-order valence-corrected chi connectivity index (χ0v) is 11.4. The SMILES string of the molecule is C[C@]1(O)[C@H](O)C2=C(C(=O)c3c(O)ccc(O)c3C2=O)[C@@H]2O[C@@H]21. The second-order valence-corrected chi connectivity index (χ2v) is 5.95. The summed E-state index contributed by atoms with van der Waals surface area (Å²) in [7, 11) is 0. The van der Waals surface area contributed by atoms with Crippen LogP contribution in [0.3, 0.4) is 0 Å². The van der Waals surface area contributed by atoms with Gasteiger partial charge < -0.3 is 25.2 Å². The Hall–Kier alpha value is -2.22. The lowest BCUT2D eigenvalue weighted by Crippen LogP contribution is -2.52. The molecule has 0 bridgehead atoms. The minimum absolute atomic E-state index is 0.0533. The van der Waals surface area contributed by atoms with Crippen molar-refractivity contribution in [3.63, 3.8) is 0 Å². The number of epoxide rings is 1. The van der Waals surface area contributed by atoms with E-state index in [1.165, 1.54) is 6.92 Å². The summed E-state index contributed by atoms with van der Waals surface area (Å²) >= 11 is 0. The van der Waals surface area contributed by atoms with Crippen molar-refractivity contribution in [2.75, 3.05) is 0 Å². The lowest BCUT2D eigenvalue weighted by molar-refractivity contribution is -0.0616. The van der Waals surface area contributed by atoms with Gasteiger partial charge in [0.1, 0.15) is 35.4 Å². The Morgan fingerprint density at radius 1 is 1.05 bits per heavy atom. The molecule has 4 rings (SSSR count). The van der Waals surface area contributed by atoms with Gasteiger partial charge in [-0.2, -0.15) is 0 Å². The van der Waals surface area contributed by atoms with Crippen molar-refractivity contribution in [1.29, 1.82) is 0 Å². The van der Waals surface area contributed by atoms with E-state index in [0.29, 0.717) is 0 Å². The molecule has 3 aliphatic rings. The number of carbonyl (C=O) groups excluding carboxylic acids is 2. The molecule has 0 radical (unpaired) electrons. The fourth-order valence-corrected chi connectivity index (χ4v) is 3.33. The Balaban J connectivity index is 2.01. The number of aromatic hydroxyl groups is 2. The normalized spacial score (nSPS) is 35.9. The van der Waals surface area contributed by atoms with Gasteiger partial charge in [0.05, 0.1) is 11.1 Å². The molecule has 2 aliphatic carbocycles. The molecule has 0 amide bonds. The van der Waals surface area contributed by atoms with Gasteiger partial charge in [-0.15, -0.1) is 0 Å². The molecule has 1 aromatic carbocycles. The topological polar surface area (TPSA) is 128 Å². The minimum Gasteiger partial charge on any atom is -0.507 e. The summed E-state index contributed by atoms with van der Waals surface area (Å²) < 4.78 is 5.25. The number of hydrogen-bond donors (Lipinski definition) is 4. The third-order valence-electron chi connectivity index (χ3n) is 4.57. The first-order valence-electron chi connectivity index (χ1n) is 6.71. The van der Waals surface area contributed by atoms with Gasteiger partial charge in [-0.05, 0) is 19.1 Å². The largest absolute Gasteiger partial charge is 0.507 e. The molecular weight excluding hydrogens is 292 g/mol. The van der Waals surface area contributed by atoms with Crippen LogP contribution in [0.25, 0.3) is 0 Å². The molecule has 4 atom stereocenters. The maximum atomic E-state index is 12.6. The lowest BCUT2D eigenvalue weighted by atomic mass is 9.71. The van der Waals surface area contributed by atoms with Gasteiger partial charge in [0, 0.05) is 11.1 Å². The molecule has 4 N–H and O–H groups in total. The van der Waals surface area contributed by atoms with Crippen molar-refractivity contribution in [1.82, 2.24) is 0 Å². The van der Waals surface area contributed by atoms with Gasteiger partial charge in [-0.1, -0.05) is 0 Å². The van der Waals surface area contributed by atoms with Crippen LogP contribution in [0.4, 0.5) is 0 Å². The van der Waals surface area contributed by atoms with Gasteiger partial charge in [0.25, 0.3) is 0 Å². The second-order valence-electron chi connectivity index (χ2n) is 5.95. The van der Waals surface area contributed by atoms with E-state index < -0.39 is 47.0 Å². The molecule has 7 nitrogen and oxygen atoms in total. The molecule has 7 heteroatoms. The number of phenolic OH excluding ortho intramolecular Hbond substituents is 2. The number of rotatable bonds is 0. The van der Waals surface area contributed by atoms with Crippen LogP contribution >= 0.6 is 0 Å². The van der Waals surface area contributed by atoms with E-state index in [0.717, 1.165) is 12.1 Å². The third-order valence-corrected chi connectivity index (χ3v) is 4.57. The smallest absolute Gasteiger partial charge is 0.196 e. The molecular formula is C15H12O7. The van der Waals surface area contributed by atoms with Crippen molar-refractivity contribution in [3.05, 3.63) is 34.4 Å². The number of carbonyl (C=O) groups is 2. The van der Waals surface area contributed by atoms with E-state index >= 15 is 0 Å². The van der Waals surface area contributed by atoms with E-state index in [4.69, 9.17) is 4.74 Å². The summed E-state index contributed by atoms with van der Waals surface area (Å²) in [4.78, 5) is 25.2. The van der Waals surface area contributed by atoms with Gasteiger partial charge in [0.15, 0.2) is 11.6 Å². The summed E-state index contributed by atoms with van der Waals surface area (Å²) in [5.41, 5.74) is -2.70. The van der Waals surface area contributed by atoms with Crippen LogP contribution in [-0.2, 0) is 4.74 Å². The molecule has 0 unspecified atom stereocenters. The Morgan fingerprint density at radius 2 is 1.55 bits per heavy atom. The number of hydrogen-bond acceptors (Lipinski definition) is 7. The monoisotopic (exact) mass is 304 g/mol. The van der Waals surface area contributed by atoms with Gasteiger partial charge >= 0.3 is 0 Å². The van der Waals surface area contributed by atoms with Gasteiger partial charge in [-0.3, -0.25) is 9.59 Å². The van der Waals surface area contributed by atoms with E-state index in [9.17, 15) is 30.0 Å². The fraction of sp³-hybridized carbons (Fsp3) is 0.333. The van der Waals surface area contributed by atoms with Crippen LogP contribution in [0, 0.1) is 0 Å². The highest BCUT2D eigenvalue weighted by atomic mass is 16.6. The number of aliphatic hydroxyl groups is 2. The molecule has 22 heavy (non-hydrogen) atoms. The van der Waals surface area contributed by atoms with Crippen LogP contribution in [-0.4, -0.2) is 55.9 Å². The first-order chi connectivity index (χ1) is 10.3. The zero-order chi connectivity index (χ0) is 16.0. The average Bonchev–Trinajstić information content (AvgIpc) is 3.24. The van der Waals surface area contributed by atoms with Crippen molar-refractivity contribution < 1.29 is 34.8 Å². The van der Waals surface area contributed by atoms with Crippen molar-refractivity contribution in [2.45, 2.75) is 30.8 Å². The molecule has 0 aromatic heterocycles. The maximum absolute atomic E-state index is 12.6. The number of Topliss-reactive ketones (excluding diaryl/α,β-unsaturated/α-hetero) is 2. The Morgan fingerprint density at radius 3 is 2.09 bits per heavy atom. The summed E-state index contributed by atoms with van der Waals surface area (Å²) in [6.45, 7) is 1.32. The molecule has 0 saturated carbocycles. The molecule has 1 aliphatic heterocycles. The van der Waals surface area contributed by atoms with Crippen LogP contribution in [0.15, 0.2) is 23.3 Å². The summed E-state index contributed by atoms with van der Waals surface area (Å²) in [5.74, 6) is -2.37. The predicted molar refractivity (Wildman–Crippen MR) is 70.8 cm³/mol. The van der Waals surface area contributed by atoms with Crippen LogP contribution in [0.5, 0.6) is 11.5 Å². The fourth-order valence-electron chi connectivity index (χ4n) is 3.33. The van der Waals surface area contributed by atoms with E-state index in [1.807, 2.05) is 0 Å². The van der Waals surface area contributed by atoms with Crippen LogP contribution < -0.4 is 0 Å². The van der Waals surface area contributed by atoms with E-state index in [-0.39, 0.29) is 22.3 Å². The summed E-state index contributed by atoms with van der Waals surface area (Å²) in [5, 5.41) is 40.3. The highest BCUT2D eigenvalue weighted by Crippen LogP contribution is 2.51. The highest BCUT2D eigenvalue weighted by Gasteiger charge is 2.65. The van der Waals surface area contributed by atoms with Gasteiger partial charge in [0.2, 0.25) is 0 Å². The molecule has 0 spiro atoms. The van der Waals surface area contributed by atoms with Crippen molar-refractivity contribution >= 4 is 11.6 Å². The average molecular weight is 304 g/mol. The predicted octanol–water partition coefficient (Wildman–Crippen LogP) is -0.334. The third kappa shape index (κ3) is 1.36. The summed E-state index contributed by atoms with van der Waals surface area (Å²) in [6.07, 6.45) is -3.18. The first-order valence-corrected chi connectivity index (χ1v) is 6.71. The zero-order valence-electron chi connectivity index (χ0n) is 11.4. The molecule has 1 aromatic rings. The number of aliphatic hydroxyl groups excluding tert-OH is 1. The Bertz CT molecular complexity index is 789. The molecule has 1 heterocycles. The van der Waals surface area contributed by atoms with Crippen LogP contribution in [0.1, 0.15) is 27.6 Å². The number of benzene rings is 1. The van der Waals surface area contributed by atoms with Crippen molar-refractivity contribution in [3.8, 4) is 11.5 Å². The Labute approximate surface area is 124 Å². The quantitative estimate of drug-likeness (QED) is 0.381. The van der Waals surface area contributed by atoms with E-state index in [1.54, 1.807) is 0 Å². The maximum Gasteiger partial charge on any atom is 0.196 e. The van der Waals surface area contributed by atoms with Crippen molar-refractivity contribution in [2.24, 2.45) is 0 Å². The molecule has 114 valence electrons. The minimum atomic E-state index is -1.70. The summed E-state index contributed by atoms with van der Waals surface area (Å²) in [6, 6.07) is 2.21. The number of ketones is 2. The molecule has 1 saturated heterocycles. The first kappa shape index (κ1) is 13.4. The number of ether oxygens (including phenoxy) is 1. The Kier molecular flexibility index (Phi) is 2.29. The van der Waals surface area contributed by atoms with E-state index in [2.05, 4.69) is 0 Å². The number of phenols is 2. The second kappa shape index (κ2) is 3.75.